The van der Waals surface area contributed by atoms with Crippen LogP contribution in [0.25, 0.3) is 21.7 Å². The molecule has 8 heteroatoms. The van der Waals surface area contributed by atoms with Crippen molar-refractivity contribution in [3.8, 4) is 0 Å². The number of carbonyl (C=O) groups excluding carboxylic acids is 3. The van der Waals surface area contributed by atoms with Gasteiger partial charge in [-0.3, -0.25) is 14.4 Å². The molecule has 2 N–H and O–H groups in total. The van der Waals surface area contributed by atoms with E-state index in [0.717, 1.165) is 32.8 Å². The van der Waals surface area contributed by atoms with Gasteiger partial charge in [0, 0.05) is 57.1 Å². The number of nitrogens with one attached hydrogen (secondary N) is 1. The zero-order valence-electron chi connectivity index (χ0n) is 24.9. The van der Waals surface area contributed by atoms with Crippen molar-refractivity contribution in [1.82, 2.24) is 19.7 Å². The summed E-state index contributed by atoms with van der Waals surface area (Å²) in [5.74, 6) is -1.01. The topological polar surface area (TPSA) is 94.9 Å². The van der Waals surface area contributed by atoms with E-state index in [9.17, 15) is 19.5 Å². The molecule has 44 heavy (non-hydrogen) atoms. The number of benzene rings is 4. The molecule has 5 aromatic rings. The third kappa shape index (κ3) is 5.94. The molecule has 4 aromatic carbocycles. The Kier molecular flexibility index (Phi) is 8.17. The predicted octanol–water partition coefficient (Wildman–Crippen LogP) is 4.29. The SMILES string of the molecule is CN(Cc1ccccc1)C(=O)C(Cc1ccc2ccccc2c1)NC(=O)[C@@H]1C[C@@H](O)CN1C(=O)c1cn(C)c2ccccc12. The predicted molar refractivity (Wildman–Crippen MR) is 171 cm³/mol. The maximum absolute atomic E-state index is 13.9. The summed E-state index contributed by atoms with van der Waals surface area (Å²) >= 11 is 0. The lowest BCUT2D eigenvalue weighted by Gasteiger charge is -2.28. The third-order valence-electron chi connectivity index (χ3n) is 8.48. The molecule has 0 saturated carbocycles. The van der Waals surface area contributed by atoms with E-state index in [4.69, 9.17) is 0 Å². The van der Waals surface area contributed by atoms with Crippen LogP contribution in [0, 0.1) is 0 Å². The van der Waals surface area contributed by atoms with E-state index in [2.05, 4.69) is 5.32 Å². The Morgan fingerprint density at radius 1 is 0.909 bits per heavy atom. The second kappa shape index (κ2) is 12.3. The van der Waals surface area contributed by atoms with Crippen molar-refractivity contribution in [2.24, 2.45) is 7.05 Å². The molecule has 0 aliphatic carbocycles. The highest BCUT2D eigenvalue weighted by molar-refractivity contribution is 6.08. The Morgan fingerprint density at radius 2 is 1.61 bits per heavy atom. The van der Waals surface area contributed by atoms with Gasteiger partial charge in [-0.15, -0.1) is 0 Å². The van der Waals surface area contributed by atoms with Crippen LogP contribution >= 0.6 is 0 Å². The second-order valence-corrected chi connectivity index (χ2v) is 11.7. The van der Waals surface area contributed by atoms with E-state index in [0.29, 0.717) is 12.1 Å². The van der Waals surface area contributed by atoms with Crippen molar-refractivity contribution in [2.75, 3.05) is 13.6 Å². The summed E-state index contributed by atoms with van der Waals surface area (Å²) in [7, 11) is 3.60. The quantitative estimate of drug-likeness (QED) is 0.283. The van der Waals surface area contributed by atoms with E-state index >= 15 is 0 Å². The molecule has 1 aliphatic heterocycles. The zero-order valence-corrected chi connectivity index (χ0v) is 24.9. The van der Waals surface area contributed by atoms with Gasteiger partial charge in [0.1, 0.15) is 12.1 Å². The summed E-state index contributed by atoms with van der Waals surface area (Å²) < 4.78 is 1.88. The van der Waals surface area contributed by atoms with Crippen LogP contribution in [0.3, 0.4) is 0 Å². The van der Waals surface area contributed by atoms with Crippen molar-refractivity contribution in [3.63, 3.8) is 0 Å². The number of likely N-dealkylation sites (N-methyl/N-ethyl adjacent to an activating group) is 1. The number of fused-ring (bicyclic) bond motifs is 2. The van der Waals surface area contributed by atoms with Gasteiger partial charge >= 0.3 is 0 Å². The van der Waals surface area contributed by atoms with E-state index in [1.54, 1.807) is 18.1 Å². The summed E-state index contributed by atoms with van der Waals surface area (Å²) in [6.07, 6.45) is 1.29. The number of hydrogen-bond donors (Lipinski definition) is 2. The molecule has 8 nitrogen and oxygen atoms in total. The van der Waals surface area contributed by atoms with Gasteiger partial charge in [-0.25, -0.2) is 0 Å². The Bertz CT molecular complexity index is 1830. The van der Waals surface area contributed by atoms with Gasteiger partial charge in [0.15, 0.2) is 0 Å². The number of aryl methyl sites for hydroxylation is 1. The Labute approximate surface area is 256 Å². The minimum absolute atomic E-state index is 0.0390. The fourth-order valence-electron chi connectivity index (χ4n) is 6.22. The number of amides is 3. The number of rotatable bonds is 8. The molecular weight excluding hydrogens is 552 g/mol. The number of carbonyl (C=O) groups is 3. The highest BCUT2D eigenvalue weighted by Gasteiger charge is 2.41. The van der Waals surface area contributed by atoms with E-state index in [1.807, 2.05) is 109 Å². The minimum atomic E-state index is -0.914. The van der Waals surface area contributed by atoms with Crippen LogP contribution < -0.4 is 5.32 Å². The van der Waals surface area contributed by atoms with Crippen LogP contribution in [0.5, 0.6) is 0 Å². The van der Waals surface area contributed by atoms with Crippen LogP contribution in [0.1, 0.15) is 27.9 Å². The minimum Gasteiger partial charge on any atom is -0.391 e. The lowest BCUT2D eigenvalue weighted by molar-refractivity contribution is -0.136. The smallest absolute Gasteiger partial charge is 0.256 e. The normalized spacial score (nSPS) is 17.1. The molecule has 2 heterocycles. The monoisotopic (exact) mass is 588 g/mol. The number of para-hydroxylation sites is 1. The first-order valence-corrected chi connectivity index (χ1v) is 14.9. The maximum atomic E-state index is 13.9. The van der Waals surface area contributed by atoms with Crippen molar-refractivity contribution >= 4 is 39.4 Å². The van der Waals surface area contributed by atoms with E-state index < -0.39 is 24.1 Å². The summed E-state index contributed by atoms with van der Waals surface area (Å²) in [6, 6.07) is 29.5. The molecule has 0 radical (unpaired) electrons. The Morgan fingerprint density at radius 3 is 2.41 bits per heavy atom. The molecule has 3 amide bonds. The first kappa shape index (κ1) is 29.1. The van der Waals surface area contributed by atoms with Crippen molar-refractivity contribution in [3.05, 3.63) is 120 Å². The summed E-state index contributed by atoms with van der Waals surface area (Å²) in [4.78, 5) is 44.7. The van der Waals surface area contributed by atoms with Crippen LogP contribution in [0.4, 0.5) is 0 Å². The van der Waals surface area contributed by atoms with Gasteiger partial charge in [0.2, 0.25) is 11.8 Å². The number of hydrogen-bond acceptors (Lipinski definition) is 4. The molecule has 1 saturated heterocycles. The van der Waals surface area contributed by atoms with E-state index in [-0.39, 0.29) is 31.2 Å². The summed E-state index contributed by atoms with van der Waals surface area (Å²) in [5, 5.41) is 16.5. The fraction of sp³-hybridized carbons (Fsp3) is 0.250. The van der Waals surface area contributed by atoms with Crippen LogP contribution in [0.2, 0.25) is 0 Å². The van der Waals surface area contributed by atoms with Gasteiger partial charge in [-0.05, 0) is 28.0 Å². The Balaban J connectivity index is 1.26. The molecule has 6 rings (SSSR count). The second-order valence-electron chi connectivity index (χ2n) is 11.7. The number of aromatic nitrogens is 1. The van der Waals surface area contributed by atoms with Crippen molar-refractivity contribution in [1.29, 1.82) is 0 Å². The standard InChI is InChI=1S/C36H36N4O4/c1-38-23-30(29-14-8-9-15-32(29)38)35(43)40-22-28(41)20-33(40)34(42)37-31(36(44)39(2)21-24-10-4-3-5-11-24)19-25-16-17-26-12-6-7-13-27(26)18-25/h3-18,23,28,31,33,41H,19-22H2,1-2H3,(H,37,42)/t28-,31?,33+/m1/s1. The molecule has 1 aromatic heterocycles. The number of β-amino-alcohol motifs (C(OH)–C–C–N with tert-alkyl or cyclic N) is 1. The number of aliphatic hydroxyl groups is 1. The third-order valence-corrected chi connectivity index (χ3v) is 8.48. The lowest BCUT2D eigenvalue weighted by atomic mass is 10.00. The molecular formula is C36H36N4O4. The molecule has 1 aliphatic rings. The van der Waals surface area contributed by atoms with Gasteiger partial charge in [-0.1, -0.05) is 91.0 Å². The number of likely N-dealkylation sites (tertiary alicyclic amines) is 1. The molecule has 224 valence electrons. The molecule has 1 unspecified atom stereocenters. The van der Waals surface area contributed by atoms with Gasteiger partial charge in [-0.2, -0.15) is 0 Å². The highest BCUT2D eigenvalue weighted by atomic mass is 16.3. The van der Waals surface area contributed by atoms with Crippen LogP contribution in [-0.4, -0.2) is 69.0 Å². The first-order chi connectivity index (χ1) is 21.3. The highest BCUT2D eigenvalue weighted by Crippen LogP contribution is 2.27. The summed E-state index contributed by atoms with van der Waals surface area (Å²) in [5.41, 5.74) is 3.26. The molecule has 0 bridgehead atoms. The number of nitrogens with zero attached hydrogens (tertiary/aromatic N) is 3. The van der Waals surface area contributed by atoms with Gasteiger partial charge in [0.05, 0.1) is 11.7 Å². The average molecular weight is 589 g/mol. The summed E-state index contributed by atoms with van der Waals surface area (Å²) in [6.45, 7) is 0.426. The fourth-order valence-corrected chi connectivity index (χ4v) is 6.22. The van der Waals surface area contributed by atoms with Crippen LogP contribution in [0.15, 0.2) is 103 Å². The first-order valence-electron chi connectivity index (χ1n) is 14.9. The van der Waals surface area contributed by atoms with E-state index in [1.165, 1.54) is 4.90 Å². The van der Waals surface area contributed by atoms with Gasteiger partial charge in [0.25, 0.3) is 5.91 Å². The molecule has 0 spiro atoms. The molecule has 1 fully saturated rings. The van der Waals surface area contributed by atoms with Gasteiger partial charge < -0.3 is 24.8 Å². The maximum Gasteiger partial charge on any atom is 0.256 e. The Hall–Kier alpha value is -4.95. The zero-order chi connectivity index (χ0) is 30.8. The van der Waals surface area contributed by atoms with Crippen molar-refractivity contribution < 1.29 is 19.5 Å². The lowest BCUT2D eigenvalue weighted by Crippen LogP contribution is -2.54. The molecule has 3 atom stereocenters. The average Bonchev–Trinajstić information content (AvgIpc) is 3.60. The number of aliphatic hydroxyl groups excluding tert-OH is 1. The van der Waals surface area contributed by atoms with Crippen LogP contribution in [-0.2, 0) is 29.6 Å². The van der Waals surface area contributed by atoms with Crippen molar-refractivity contribution in [2.45, 2.75) is 37.6 Å². The largest absolute Gasteiger partial charge is 0.391 e.